The molecule has 7 heteroatoms. The van der Waals surface area contributed by atoms with E-state index in [1.54, 1.807) is 36.0 Å². The van der Waals surface area contributed by atoms with Crippen molar-refractivity contribution in [1.29, 1.82) is 0 Å². The minimum atomic E-state index is -0.423. The van der Waals surface area contributed by atoms with Gasteiger partial charge in [0, 0.05) is 45.4 Å². The standard InChI is InChI=1S/C12H16N4O3/c1-13-11-9(4-3-5-10(11)16(18)19)8-15-7-6-14(2)12(15)17/h3-5,13H,6-8H2,1-2H3. The molecule has 0 aliphatic carbocycles. The topological polar surface area (TPSA) is 78.7 Å². The van der Waals surface area contributed by atoms with E-state index < -0.39 is 4.92 Å². The number of urea groups is 1. The highest BCUT2D eigenvalue weighted by Crippen LogP contribution is 2.29. The molecular formula is C12H16N4O3. The van der Waals surface area contributed by atoms with E-state index in [2.05, 4.69) is 5.32 Å². The molecule has 0 saturated carbocycles. The number of nitrogens with one attached hydrogen (secondary N) is 1. The van der Waals surface area contributed by atoms with E-state index in [9.17, 15) is 14.9 Å². The quantitative estimate of drug-likeness (QED) is 0.660. The number of hydrogen-bond acceptors (Lipinski definition) is 4. The lowest BCUT2D eigenvalue weighted by Crippen LogP contribution is -2.29. The van der Waals surface area contributed by atoms with Gasteiger partial charge in [-0.3, -0.25) is 10.1 Å². The Hall–Kier alpha value is -2.31. The highest BCUT2D eigenvalue weighted by molar-refractivity contribution is 5.77. The van der Waals surface area contributed by atoms with Crippen LogP contribution in [0, 0.1) is 10.1 Å². The number of rotatable bonds is 4. The van der Waals surface area contributed by atoms with Gasteiger partial charge in [0.2, 0.25) is 0 Å². The predicted molar refractivity (Wildman–Crippen MR) is 71.1 cm³/mol. The van der Waals surface area contributed by atoms with Gasteiger partial charge in [-0.15, -0.1) is 0 Å². The zero-order valence-electron chi connectivity index (χ0n) is 10.9. The third-order valence-corrected chi connectivity index (χ3v) is 3.24. The van der Waals surface area contributed by atoms with Crippen LogP contribution in [-0.2, 0) is 6.54 Å². The molecule has 1 aliphatic rings. The van der Waals surface area contributed by atoms with Crippen LogP contribution in [0.15, 0.2) is 18.2 Å². The Balaban J connectivity index is 2.28. The van der Waals surface area contributed by atoms with Crippen LogP contribution >= 0.6 is 0 Å². The highest BCUT2D eigenvalue weighted by Gasteiger charge is 2.27. The number of hydrogen-bond donors (Lipinski definition) is 1. The van der Waals surface area contributed by atoms with E-state index in [-0.39, 0.29) is 11.7 Å². The van der Waals surface area contributed by atoms with Crippen molar-refractivity contribution >= 4 is 17.4 Å². The SMILES string of the molecule is CNc1c(CN2CCN(C)C2=O)cccc1[N+](=O)[O-]. The lowest BCUT2D eigenvalue weighted by molar-refractivity contribution is -0.384. The second-order valence-electron chi connectivity index (χ2n) is 4.44. The third kappa shape index (κ3) is 2.44. The number of anilines is 1. The second-order valence-corrected chi connectivity index (χ2v) is 4.44. The molecule has 0 atom stereocenters. The monoisotopic (exact) mass is 264 g/mol. The summed E-state index contributed by atoms with van der Waals surface area (Å²) in [7, 11) is 3.39. The summed E-state index contributed by atoms with van der Waals surface area (Å²) < 4.78 is 0. The number of carbonyl (C=O) groups is 1. The van der Waals surface area contributed by atoms with E-state index in [4.69, 9.17) is 0 Å². The minimum absolute atomic E-state index is 0.0278. The minimum Gasteiger partial charge on any atom is -0.382 e. The predicted octanol–water partition coefficient (Wildman–Crippen LogP) is 1.50. The molecule has 2 amide bonds. The third-order valence-electron chi connectivity index (χ3n) is 3.24. The number of likely N-dealkylation sites (N-methyl/N-ethyl adjacent to an activating group) is 1. The summed E-state index contributed by atoms with van der Waals surface area (Å²) >= 11 is 0. The van der Waals surface area contributed by atoms with Gasteiger partial charge in [-0.2, -0.15) is 0 Å². The Bertz CT molecular complexity index is 518. The van der Waals surface area contributed by atoms with Crippen molar-refractivity contribution in [1.82, 2.24) is 9.80 Å². The summed E-state index contributed by atoms with van der Waals surface area (Å²) in [5.74, 6) is 0. The van der Waals surface area contributed by atoms with E-state index in [0.717, 1.165) is 5.56 Å². The maximum atomic E-state index is 11.8. The second kappa shape index (κ2) is 5.13. The fraction of sp³-hybridized carbons (Fsp3) is 0.417. The van der Waals surface area contributed by atoms with Crippen molar-refractivity contribution in [2.45, 2.75) is 6.54 Å². The van der Waals surface area contributed by atoms with Gasteiger partial charge in [0.05, 0.1) is 4.92 Å². The van der Waals surface area contributed by atoms with Gasteiger partial charge < -0.3 is 15.1 Å². The van der Waals surface area contributed by atoms with Gasteiger partial charge >= 0.3 is 6.03 Å². The van der Waals surface area contributed by atoms with E-state index in [0.29, 0.717) is 25.3 Å². The fourth-order valence-electron chi connectivity index (χ4n) is 2.21. The summed E-state index contributed by atoms with van der Waals surface area (Å²) in [6, 6.07) is 4.84. The summed E-state index contributed by atoms with van der Waals surface area (Å²) in [5, 5.41) is 13.8. The molecule has 19 heavy (non-hydrogen) atoms. The van der Waals surface area contributed by atoms with Gasteiger partial charge in [0.25, 0.3) is 5.69 Å². The molecule has 1 fully saturated rings. The number of carbonyl (C=O) groups excluding carboxylic acids is 1. The Labute approximate surface area is 110 Å². The van der Waals surface area contributed by atoms with Crippen LogP contribution < -0.4 is 5.32 Å². The Morgan fingerprint density at radius 2 is 2.16 bits per heavy atom. The normalized spacial score (nSPS) is 14.9. The van der Waals surface area contributed by atoms with E-state index in [1.165, 1.54) is 6.07 Å². The molecule has 0 unspecified atom stereocenters. The zero-order chi connectivity index (χ0) is 14.0. The van der Waals surface area contributed by atoms with Crippen molar-refractivity contribution in [3.8, 4) is 0 Å². The lowest BCUT2D eigenvalue weighted by Gasteiger charge is -2.18. The zero-order valence-corrected chi connectivity index (χ0v) is 10.9. The number of para-hydroxylation sites is 1. The maximum Gasteiger partial charge on any atom is 0.320 e. The van der Waals surface area contributed by atoms with Gasteiger partial charge in [-0.05, 0) is 0 Å². The van der Waals surface area contributed by atoms with Crippen molar-refractivity contribution in [2.75, 3.05) is 32.5 Å². The first-order valence-electron chi connectivity index (χ1n) is 5.98. The molecule has 1 saturated heterocycles. The Morgan fingerprint density at radius 3 is 2.68 bits per heavy atom. The molecule has 1 aromatic carbocycles. The number of nitro groups is 1. The van der Waals surface area contributed by atoms with Gasteiger partial charge in [0.15, 0.2) is 0 Å². The summed E-state index contributed by atoms with van der Waals surface area (Å²) in [6.07, 6.45) is 0. The molecule has 1 aromatic rings. The lowest BCUT2D eigenvalue weighted by atomic mass is 10.1. The van der Waals surface area contributed by atoms with Crippen molar-refractivity contribution in [3.63, 3.8) is 0 Å². The van der Waals surface area contributed by atoms with Crippen LogP contribution in [0.1, 0.15) is 5.56 Å². The average Bonchev–Trinajstić information content (AvgIpc) is 2.70. The number of benzene rings is 1. The summed E-state index contributed by atoms with van der Waals surface area (Å²) in [5.41, 5.74) is 1.25. The Morgan fingerprint density at radius 1 is 1.42 bits per heavy atom. The first-order chi connectivity index (χ1) is 9.04. The van der Waals surface area contributed by atoms with Crippen molar-refractivity contribution < 1.29 is 9.72 Å². The first-order valence-corrected chi connectivity index (χ1v) is 5.98. The largest absolute Gasteiger partial charge is 0.382 e. The van der Waals surface area contributed by atoms with Crippen LogP contribution in [0.3, 0.4) is 0 Å². The van der Waals surface area contributed by atoms with Crippen LogP contribution in [-0.4, -0.2) is 47.9 Å². The Kier molecular flexibility index (Phi) is 3.55. The van der Waals surface area contributed by atoms with Crippen LogP contribution in [0.2, 0.25) is 0 Å². The van der Waals surface area contributed by atoms with Crippen LogP contribution in [0.4, 0.5) is 16.2 Å². The molecule has 1 heterocycles. The molecule has 0 radical (unpaired) electrons. The van der Waals surface area contributed by atoms with Gasteiger partial charge in [-0.1, -0.05) is 12.1 Å². The number of nitrogens with zero attached hydrogens (tertiary/aromatic N) is 3. The number of nitro benzene ring substituents is 1. The molecule has 0 spiro atoms. The molecule has 2 rings (SSSR count). The molecule has 0 bridgehead atoms. The summed E-state index contributed by atoms with van der Waals surface area (Å²) in [6.45, 7) is 1.70. The molecule has 0 aromatic heterocycles. The van der Waals surface area contributed by atoms with Crippen molar-refractivity contribution in [3.05, 3.63) is 33.9 Å². The fourth-order valence-corrected chi connectivity index (χ4v) is 2.21. The molecule has 7 nitrogen and oxygen atoms in total. The van der Waals surface area contributed by atoms with E-state index in [1.807, 2.05) is 0 Å². The first kappa shape index (κ1) is 13.1. The molecule has 1 aliphatic heterocycles. The highest BCUT2D eigenvalue weighted by atomic mass is 16.6. The molecule has 102 valence electrons. The summed E-state index contributed by atoms with van der Waals surface area (Å²) in [4.78, 5) is 25.7. The van der Waals surface area contributed by atoms with Crippen LogP contribution in [0.5, 0.6) is 0 Å². The number of amides is 2. The van der Waals surface area contributed by atoms with E-state index >= 15 is 0 Å². The average molecular weight is 264 g/mol. The molecular weight excluding hydrogens is 248 g/mol. The molecule has 1 N–H and O–H groups in total. The van der Waals surface area contributed by atoms with Crippen LogP contribution in [0.25, 0.3) is 0 Å². The smallest absolute Gasteiger partial charge is 0.320 e. The maximum absolute atomic E-state index is 11.8. The van der Waals surface area contributed by atoms with Gasteiger partial charge in [0.1, 0.15) is 5.69 Å². The van der Waals surface area contributed by atoms with Crippen molar-refractivity contribution in [2.24, 2.45) is 0 Å². The van der Waals surface area contributed by atoms with Gasteiger partial charge in [-0.25, -0.2) is 4.79 Å².